The molecule has 1 aromatic heterocycles. The maximum atomic E-state index is 6.82. The number of benzene rings is 11. The highest BCUT2D eigenvalue weighted by molar-refractivity contribution is 6.12. The van der Waals surface area contributed by atoms with E-state index in [2.05, 4.69) is 252 Å². The largest absolute Gasteiger partial charge is 0.456 e. The third-order valence-corrected chi connectivity index (χ3v) is 13.3. The van der Waals surface area contributed by atoms with Gasteiger partial charge in [-0.3, -0.25) is 0 Å². The van der Waals surface area contributed by atoms with Crippen LogP contribution in [0.5, 0.6) is 11.5 Å². The molecule has 0 aliphatic carbocycles. The Morgan fingerprint density at radius 2 is 0.765 bits per heavy atom. The molecule has 0 saturated heterocycles. The average Bonchev–Trinajstić information content (AvgIpc) is 3.80. The van der Waals surface area contributed by atoms with E-state index in [-0.39, 0.29) is 0 Å². The van der Waals surface area contributed by atoms with Gasteiger partial charge in [0, 0.05) is 61.1 Å². The van der Waals surface area contributed by atoms with Crippen LogP contribution in [0.4, 0.5) is 34.1 Å². The van der Waals surface area contributed by atoms with E-state index in [1.807, 2.05) is 12.1 Å². The van der Waals surface area contributed by atoms with E-state index in [0.717, 1.165) is 106 Å². The summed E-state index contributed by atoms with van der Waals surface area (Å²) in [5.74, 6) is 1.67. The van der Waals surface area contributed by atoms with Crippen LogP contribution in [0.15, 0.2) is 259 Å². The molecule has 0 bridgehead atoms. The first-order chi connectivity index (χ1) is 33.7. The minimum atomic E-state index is 0.835. The molecule has 0 amide bonds. The van der Waals surface area contributed by atoms with Crippen LogP contribution in [-0.4, -0.2) is 0 Å². The normalized spacial score (nSPS) is 11.6. The number of furan rings is 1. The fourth-order valence-corrected chi connectivity index (χ4v) is 10.0. The topological polar surface area (TPSA) is 28.9 Å². The van der Waals surface area contributed by atoms with Crippen molar-refractivity contribution in [3.63, 3.8) is 0 Å². The monoisotopic (exact) mass is 870 g/mol. The van der Waals surface area contributed by atoms with Crippen molar-refractivity contribution in [2.75, 3.05) is 9.80 Å². The summed E-state index contributed by atoms with van der Waals surface area (Å²) in [4.78, 5) is 4.67. The van der Waals surface area contributed by atoms with Crippen LogP contribution in [0.1, 0.15) is 0 Å². The molecule has 0 fully saturated rings. The summed E-state index contributed by atoms with van der Waals surface area (Å²) >= 11 is 0. The summed E-state index contributed by atoms with van der Waals surface area (Å²) < 4.78 is 13.3. The summed E-state index contributed by atoms with van der Waals surface area (Å²) in [6.45, 7) is 0. The second-order valence-corrected chi connectivity index (χ2v) is 17.3. The molecule has 4 heteroatoms. The number of anilines is 6. The molecule has 320 valence electrons. The number of ether oxygens (including phenoxy) is 1. The molecule has 1 aliphatic heterocycles. The molecular formula is C64H42N2O2. The van der Waals surface area contributed by atoms with Crippen LogP contribution in [0.2, 0.25) is 0 Å². The second-order valence-electron chi connectivity index (χ2n) is 17.3. The Kier molecular flexibility index (Phi) is 9.47. The Morgan fingerprint density at radius 1 is 0.279 bits per heavy atom. The van der Waals surface area contributed by atoms with Crippen LogP contribution in [0, 0.1) is 0 Å². The molecule has 0 radical (unpaired) electrons. The van der Waals surface area contributed by atoms with Gasteiger partial charge in [-0.2, -0.15) is 0 Å². The lowest BCUT2D eigenvalue weighted by Gasteiger charge is -2.30. The maximum Gasteiger partial charge on any atom is 0.143 e. The standard InChI is InChI=1S/C64H42N2O2/c1-4-14-43(15-5-1)44-26-28-45(29-27-44)46-30-34-50(35-31-46)66(51-36-32-47(33-37-51)53-21-12-23-56-54-20-10-11-25-60(54)68-64(53)56)59-39-41-62-63-55(22-13-24-57(59)63)58-42-52(38-40-61(58)67-62)65(48-16-6-2-7-17-48)49-18-8-3-9-19-49/h1-42H. The molecule has 12 aromatic rings. The summed E-state index contributed by atoms with van der Waals surface area (Å²) in [5.41, 5.74) is 17.2. The van der Waals surface area contributed by atoms with Crippen molar-refractivity contribution in [1.29, 1.82) is 0 Å². The molecule has 0 atom stereocenters. The predicted octanol–water partition coefficient (Wildman–Crippen LogP) is 18.5. The Balaban J connectivity index is 0.932. The van der Waals surface area contributed by atoms with Crippen molar-refractivity contribution >= 4 is 66.8 Å². The van der Waals surface area contributed by atoms with Crippen molar-refractivity contribution in [2.24, 2.45) is 0 Å². The average molecular weight is 871 g/mol. The zero-order valence-electron chi connectivity index (χ0n) is 37.0. The lowest BCUT2D eigenvalue weighted by molar-refractivity contribution is 0.487. The summed E-state index contributed by atoms with van der Waals surface area (Å²) in [6, 6.07) is 90.4. The number of nitrogens with zero attached hydrogens (tertiary/aromatic N) is 2. The van der Waals surface area contributed by atoms with E-state index in [1.165, 1.54) is 16.7 Å². The third-order valence-electron chi connectivity index (χ3n) is 13.3. The number of hydrogen-bond acceptors (Lipinski definition) is 4. The van der Waals surface area contributed by atoms with Gasteiger partial charge in [0.05, 0.1) is 5.69 Å². The van der Waals surface area contributed by atoms with Crippen molar-refractivity contribution in [1.82, 2.24) is 0 Å². The third kappa shape index (κ3) is 6.78. The Hall–Kier alpha value is -9.12. The highest BCUT2D eigenvalue weighted by Crippen LogP contribution is 2.52. The second kappa shape index (κ2) is 16.4. The SMILES string of the molecule is c1ccc(-c2ccc(-c3ccc(N(c4ccc(-c5cccc6c5oc5ccccc56)cc4)c4ccc5c6c(cccc46)-c4cc(N(c6ccccc6)c6ccccc6)ccc4O5)cc3)cc2)cc1. The van der Waals surface area contributed by atoms with Crippen molar-refractivity contribution in [2.45, 2.75) is 0 Å². The van der Waals surface area contributed by atoms with Gasteiger partial charge in [-0.15, -0.1) is 0 Å². The number of para-hydroxylation sites is 4. The van der Waals surface area contributed by atoms with E-state index >= 15 is 0 Å². The lowest BCUT2D eigenvalue weighted by Crippen LogP contribution is -2.12. The van der Waals surface area contributed by atoms with Crippen molar-refractivity contribution in [3.05, 3.63) is 255 Å². The summed E-state index contributed by atoms with van der Waals surface area (Å²) in [5, 5.41) is 4.41. The van der Waals surface area contributed by atoms with Crippen molar-refractivity contribution < 1.29 is 9.15 Å². The Labute approximate surface area is 394 Å². The molecule has 0 unspecified atom stereocenters. The lowest BCUT2D eigenvalue weighted by atomic mass is 9.93. The van der Waals surface area contributed by atoms with E-state index in [0.29, 0.717) is 0 Å². The minimum absolute atomic E-state index is 0.835. The quantitative estimate of drug-likeness (QED) is 0.144. The van der Waals surface area contributed by atoms with E-state index in [1.54, 1.807) is 0 Å². The number of rotatable bonds is 9. The summed E-state index contributed by atoms with van der Waals surface area (Å²) in [6.07, 6.45) is 0. The minimum Gasteiger partial charge on any atom is -0.456 e. The first kappa shape index (κ1) is 39.3. The molecule has 0 saturated carbocycles. The zero-order chi connectivity index (χ0) is 45.0. The molecule has 0 spiro atoms. The number of fused-ring (bicyclic) bond motifs is 5. The Morgan fingerprint density at radius 3 is 1.43 bits per heavy atom. The molecule has 2 heterocycles. The van der Waals surface area contributed by atoms with Gasteiger partial charge >= 0.3 is 0 Å². The van der Waals surface area contributed by atoms with Gasteiger partial charge in [0.25, 0.3) is 0 Å². The fraction of sp³-hybridized carbons (Fsp3) is 0. The van der Waals surface area contributed by atoms with Gasteiger partial charge in [-0.05, 0) is 118 Å². The van der Waals surface area contributed by atoms with E-state index in [4.69, 9.17) is 9.15 Å². The van der Waals surface area contributed by atoms with Crippen LogP contribution >= 0.6 is 0 Å². The molecule has 4 nitrogen and oxygen atoms in total. The fourth-order valence-electron chi connectivity index (χ4n) is 10.0. The van der Waals surface area contributed by atoms with Gasteiger partial charge in [0.2, 0.25) is 0 Å². The maximum absolute atomic E-state index is 6.82. The van der Waals surface area contributed by atoms with Crippen LogP contribution in [0.25, 0.3) is 77.2 Å². The predicted molar refractivity (Wildman–Crippen MR) is 282 cm³/mol. The van der Waals surface area contributed by atoms with Crippen LogP contribution in [0.3, 0.4) is 0 Å². The Bertz CT molecular complexity index is 3750. The molecule has 0 N–H and O–H groups in total. The van der Waals surface area contributed by atoms with Crippen LogP contribution in [-0.2, 0) is 0 Å². The summed E-state index contributed by atoms with van der Waals surface area (Å²) in [7, 11) is 0. The smallest absolute Gasteiger partial charge is 0.143 e. The van der Waals surface area contributed by atoms with Gasteiger partial charge in [0.15, 0.2) is 0 Å². The van der Waals surface area contributed by atoms with Gasteiger partial charge in [-0.1, -0.05) is 170 Å². The highest BCUT2D eigenvalue weighted by Gasteiger charge is 2.26. The zero-order valence-corrected chi connectivity index (χ0v) is 37.0. The molecular weight excluding hydrogens is 829 g/mol. The van der Waals surface area contributed by atoms with Gasteiger partial charge in [0.1, 0.15) is 22.7 Å². The van der Waals surface area contributed by atoms with E-state index in [9.17, 15) is 0 Å². The number of hydrogen-bond donors (Lipinski definition) is 0. The molecule has 1 aliphatic rings. The molecule has 11 aromatic carbocycles. The highest BCUT2D eigenvalue weighted by atomic mass is 16.5. The molecule has 13 rings (SSSR count). The first-order valence-electron chi connectivity index (χ1n) is 23.1. The van der Waals surface area contributed by atoms with E-state index < -0.39 is 0 Å². The van der Waals surface area contributed by atoms with Gasteiger partial charge in [-0.25, -0.2) is 0 Å². The van der Waals surface area contributed by atoms with Gasteiger partial charge < -0.3 is 19.0 Å². The molecule has 68 heavy (non-hydrogen) atoms. The van der Waals surface area contributed by atoms with Crippen LogP contribution < -0.4 is 14.5 Å². The van der Waals surface area contributed by atoms with Crippen molar-refractivity contribution in [3.8, 4) is 56.0 Å². The first-order valence-corrected chi connectivity index (χ1v) is 23.1.